The van der Waals surface area contributed by atoms with Gasteiger partial charge in [0.2, 0.25) is 0 Å². The van der Waals surface area contributed by atoms with E-state index in [2.05, 4.69) is 228 Å². The van der Waals surface area contributed by atoms with Crippen LogP contribution in [0.15, 0.2) is 223 Å². The first kappa shape index (κ1) is 33.3. The molecule has 0 radical (unpaired) electrons. The van der Waals surface area contributed by atoms with Crippen LogP contribution in [0, 0.1) is 0 Å². The van der Waals surface area contributed by atoms with Crippen molar-refractivity contribution in [2.24, 2.45) is 0 Å². The molecule has 0 amide bonds. The van der Waals surface area contributed by atoms with Crippen LogP contribution in [0.1, 0.15) is 0 Å². The first-order valence-electron chi connectivity index (χ1n) is 20.2. The maximum absolute atomic E-state index is 6.54. The Morgan fingerprint density at radius 1 is 0.339 bits per heavy atom. The number of furan rings is 1. The third-order valence-electron chi connectivity index (χ3n) is 12.0. The number of hydrogen-bond acceptors (Lipinski definition) is 2. The predicted octanol–water partition coefficient (Wildman–Crippen LogP) is 15.8. The molecule has 0 spiro atoms. The van der Waals surface area contributed by atoms with Crippen molar-refractivity contribution < 1.29 is 4.42 Å². The van der Waals surface area contributed by atoms with E-state index in [1.807, 2.05) is 0 Å². The first-order chi connectivity index (χ1) is 29.2. The van der Waals surface area contributed by atoms with Crippen molar-refractivity contribution >= 4 is 82.4 Å². The predicted molar refractivity (Wildman–Crippen MR) is 249 cm³/mol. The molecule has 0 unspecified atom stereocenters. The van der Waals surface area contributed by atoms with Gasteiger partial charge in [-0.25, -0.2) is 0 Å². The zero-order valence-corrected chi connectivity index (χ0v) is 32.1. The first-order valence-corrected chi connectivity index (χ1v) is 20.2. The van der Waals surface area contributed by atoms with E-state index in [-0.39, 0.29) is 0 Å². The van der Waals surface area contributed by atoms with E-state index in [4.69, 9.17) is 4.42 Å². The van der Waals surface area contributed by atoms with Gasteiger partial charge in [-0.2, -0.15) is 0 Å². The molecule has 276 valence electrons. The van der Waals surface area contributed by atoms with Crippen molar-refractivity contribution in [3.63, 3.8) is 0 Å². The molecule has 59 heavy (non-hydrogen) atoms. The van der Waals surface area contributed by atoms with Crippen LogP contribution in [0.3, 0.4) is 0 Å². The molecular formula is C56H36N2O. The van der Waals surface area contributed by atoms with E-state index in [9.17, 15) is 0 Å². The highest BCUT2D eigenvalue weighted by Crippen LogP contribution is 2.42. The fraction of sp³-hybridized carbons (Fsp3) is 0. The normalized spacial score (nSPS) is 11.7. The molecule has 0 aliphatic heterocycles. The molecule has 3 nitrogen and oxygen atoms in total. The highest BCUT2D eigenvalue weighted by Gasteiger charge is 2.18. The fourth-order valence-electron chi connectivity index (χ4n) is 9.15. The summed E-state index contributed by atoms with van der Waals surface area (Å²) in [6.07, 6.45) is 0. The number of rotatable bonds is 6. The Hall–Kier alpha value is -7.88. The molecular weight excluding hydrogens is 717 g/mol. The fourth-order valence-corrected chi connectivity index (χ4v) is 9.15. The Bertz CT molecular complexity index is 3500. The Labute approximate surface area is 341 Å². The second-order valence-corrected chi connectivity index (χ2v) is 15.3. The minimum atomic E-state index is 0.899. The quantitative estimate of drug-likeness (QED) is 0.169. The number of hydrogen-bond donors (Lipinski definition) is 0. The van der Waals surface area contributed by atoms with Crippen LogP contribution in [0.4, 0.5) is 17.1 Å². The van der Waals surface area contributed by atoms with Gasteiger partial charge in [0.25, 0.3) is 0 Å². The molecule has 0 aliphatic carbocycles. The van der Waals surface area contributed by atoms with Crippen LogP contribution in [-0.4, -0.2) is 4.57 Å². The van der Waals surface area contributed by atoms with E-state index in [0.717, 1.165) is 61.2 Å². The SMILES string of the molecule is c1cc(-c2ccc(N(c3ccc(-c4ccc5c(c4)oc4c6ccccc6ccc54)cc3)c3cccc4ccccc34)cc2)cc(-n2c3ccccc3c3ccccc32)c1. The molecule has 0 saturated heterocycles. The van der Waals surface area contributed by atoms with Gasteiger partial charge in [-0.3, -0.25) is 0 Å². The van der Waals surface area contributed by atoms with E-state index in [1.165, 1.54) is 49.1 Å². The Morgan fingerprint density at radius 3 is 1.56 bits per heavy atom. The second-order valence-electron chi connectivity index (χ2n) is 15.3. The molecule has 0 saturated carbocycles. The monoisotopic (exact) mass is 752 g/mol. The average Bonchev–Trinajstić information content (AvgIpc) is 3.86. The third-order valence-corrected chi connectivity index (χ3v) is 12.0. The van der Waals surface area contributed by atoms with Crippen molar-refractivity contribution in [2.75, 3.05) is 4.90 Å². The molecule has 3 heteroatoms. The number of benzene rings is 10. The Morgan fingerprint density at radius 2 is 0.864 bits per heavy atom. The van der Waals surface area contributed by atoms with Crippen LogP contribution < -0.4 is 4.90 Å². The van der Waals surface area contributed by atoms with Crippen molar-refractivity contribution in [2.45, 2.75) is 0 Å². The van der Waals surface area contributed by atoms with Crippen LogP contribution >= 0.6 is 0 Å². The highest BCUT2D eigenvalue weighted by atomic mass is 16.3. The summed E-state index contributed by atoms with van der Waals surface area (Å²) in [6, 6.07) is 78.7. The Balaban J connectivity index is 0.924. The lowest BCUT2D eigenvalue weighted by atomic mass is 10.0. The molecule has 12 aromatic rings. The van der Waals surface area contributed by atoms with Crippen LogP contribution in [-0.2, 0) is 0 Å². The minimum Gasteiger partial charge on any atom is -0.455 e. The van der Waals surface area contributed by atoms with Crippen molar-refractivity contribution in [1.82, 2.24) is 4.57 Å². The standard InChI is InChI=1S/C56H36N2O/c1-3-16-46-39(11-1)13-10-22-52(46)57(44-31-25-38(26-32-44)42-28-33-50-51-34-27-40-12-2-4-17-47(40)56(51)59-55(50)36-42)43-29-23-37(24-30-43)41-14-9-15-45(35-41)58-53-20-7-5-18-48(53)49-19-6-8-21-54(49)58/h1-36H. The summed E-state index contributed by atoms with van der Waals surface area (Å²) in [5.41, 5.74) is 13.3. The molecule has 2 aromatic heterocycles. The molecule has 2 heterocycles. The summed E-state index contributed by atoms with van der Waals surface area (Å²) in [7, 11) is 0. The summed E-state index contributed by atoms with van der Waals surface area (Å²) in [4.78, 5) is 2.37. The van der Waals surface area contributed by atoms with E-state index in [1.54, 1.807) is 0 Å². The average molecular weight is 753 g/mol. The topological polar surface area (TPSA) is 21.3 Å². The zero-order chi connectivity index (χ0) is 38.9. The van der Waals surface area contributed by atoms with Crippen LogP contribution in [0.5, 0.6) is 0 Å². The van der Waals surface area contributed by atoms with Gasteiger partial charge in [0.15, 0.2) is 0 Å². The highest BCUT2D eigenvalue weighted by molar-refractivity contribution is 6.15. The largest absolute Gasteiger partial charge is 0.455 e. The smallest absolute Gasteiger partial charge is 0.143 e. The van der Waals surface area contributed by atoms with Gasteiger partial charge >= 0.3 is 0 Å². The molecule has 0 fully saturated rings. The van der Waals surface area contributed by atoms with Gasteiger partial charge in [-0.1, -0.05) is 146 Å². The minimum absolute atomic E-state index is 0.899. The van der Waals surface area contributed by atoms with E-state index in [0.29, 0.717) is 0 Å². The molecule has 0 aliphatic rings. The van der Waals surface area contributed by atoms with Gasteiger partial charge < -0.3 is 13.9 Å². The Kier molecular flexibility index (Phi) is 7.54. The summed E-state index contributed by atoms with van der Waals surface area (Å²) in [5, 5.41) is 9.54. The second kappa shape index (κ2) is 13.4. The lowest BCUT2D eigenvalue weighted by molar-refractivity contribution is 0.673. The number of nitrogens with zero attached hydrogens (tertiary/aromatic N) is 2. The van der Waals surface area contributed by atoms with Gasteiger partial charge in [0.05, 0.1) is 16.7 Å². The van der Waals surface area contributed by atoms with Crippen molar-refractivity contribution in [3.05, 3.63) is 218 Å². The number of anilines is 3. The summed E-state index contributed by atoms with van der Waals surface area (Å²) < 4.78 is 8.92. The van der Waals surface area contributed by atoms with Gasteiger partial charge in [0.1, 0.15) is 11.2 Å². The molecule has 0 N–H and O–H groups in total. The lowest BCUT2D eigenvalue weighted by Gasteiger charge is -2.27. The van der Waals surface area contributed by atoms with Crippen molar-refractivity contribution in [3.8, 4) is 27.9 Å². The molecule has 12 rings (SSSR count). The molecule has 0 atom stereocenters. The van der Waals surface area contributed by atoms with Gasteiger partial charge in [0, 0.05) is 49.4 Å². The van der Waals surface area contributed by atoms with E-state index < -0.39 is 0 Å². The van der Waals surface area contributed by atoms with Gasteiger partial charge in [-0.05, 0) is 106 Å². The third kappa shape index (κ3) is 5.44. The van der Waals surface area contributed by atoms with Crippen LogP contribution in [0.25, 0.3) is 93.2 Å². The summed E-state index contributed by atoms with van der Waals surface area (Å²) in [6.45, 7) is 0. The van der Waals surface area contributed by atoms with Gasteiger partial charge in [-0.15, -0.1) is 0 Å². The number of fused-ring (bicyclic) bond motifs is 9. The summed E-state index contributed by atoms with van der Waals surface area (Å²) >= 11 is 0. The zero-order valence-electron chi connectivity index (χ0n) is 32.1. The molecule has 0 bridgehead atoms. The van der Waals surface area contributed by atoms with Crippen molar-refractivity contribution in [1.29, 1.82) is 0 Å². The van der Waals surface area contributed by atoms with Crippen LogP contribution in [0.2, 0.25) is 0 Å². The van der Waals surface area contributed by atoms with E-state index >= 15 is 0 Å². The maximum atomic E-state index is 6.54. The molecule has 10 aromatic carbocycles. The maximum Gasteiger partial charge on any atom is 0.143 e. The summed E-state index contributed by atoms with van der Waals surface area (Å²) in [5.74, 6) is 0. The lowest BCUT2D eigenvalue weighted by Crippen LogP contribution is -2.10. The number of aromatic nitrogens is 1. The number of para-hydroxylation sites is 2.